The molecule has 188 valence electrons. The van der Waals surface area contributed by atoms with Crippen LogP contribution in [0.1, 0.15) is 23.6 Å². The van der Waals surface area contributed by atoms with Crippen LogP contribution in [0.2, 0.25) is 0 Å². The molecule has 4 aromatic carbocycles. The predicted octanol–water partition coefficient (Wildman–Crippen LogP) is 7.76. The quantitative estimate of drug-likeness (QED) is 0.232. The van der Waals surface area contributed by atoms with Crippen molar-refractivity contribution in [1.29, 1.82) is 0 Å². The van der Waals surface area contributed by atoms with Crippen molar-refractivity contribution in [3.05, 3.63) is 120 Å². The van der Waals surface area contributed by atoms with E-state index in [9.17, 15) is 4.79 Å². The van der Waals surface area contributed by atoms with Crippen LogP contribution in [0.5, 0.6) is 5.75 Å². The van der Waals surface area contributed by atoms with Gasteiger partial charge in [0.25, 0.3) is 0 Å². The molecular formula is C34H29NO3. The molecule has 5 aromatic rings. The zero-order chi connectivity index (χ0) is 26.1. The van der Waals surface area contributed by atoms with Gasteiger partial charge in [-0.3, -0.25) is 4.79 Å². The van der Waals surface area contributed by atoms with Crippen molar-refractivity contribution in [2.75, 3.05) is 13.7 Å². The molecule has 0 N–H and O–H groups in total. The van der Waals surface area contributed by atoms with Gasteiger partial charge in [-0.15, -0.1) is 0 Å². The highest BCUT2D eigenvalue weighted by atomic mass is 16.5. The van der Waals surface area contributed by atoms with Gasteiger partial charge in [0, 0.05) is 41.7 Å². The first-order valence-electron chi connectivity index (χ1n) is 12.9. The number of methoxy groups -OCH3 is 1. The van der Waals surface area contributed by atoms with E-state index in [1.807, 2.05) is 42.2 Å². The summed E-state index contributed by atoms with van der Waals surface area (Å²) in [6, 6.07) is 31.2. The first-order valence-corrected chi connectivity index (χ1v) is 12.9. The number of hydrogen-bond donors (Lipinski definition) is 0. The van der Waals surface area contributed by atoms with E-state index >= 15 is 0 Å². The van der Waals surface area contributed by atoms with Crippen LogP contribution in [0.25, 0.3) is 38.8 Å². The van der Waals surface area contributed by atoms with Crippen LogP contribution in [0, 0.1) is 0 Å². The number of rotatable bonds is 5. The Morgan fingerprint density at radius 3 is 2.32 bits per heavy atom. The number of carbonyl (C=O) groups excluding carboxylic acids is 1. The third-order valence-corrected chi connectivity index (χ3v) is 7.41. The molecule has 1 aliphatic heterocycles. The molecule has 38 heavy (non-hydrogen) atoms. The van der Waals surface area contributed by atoms with Crippen LogP contribution in [0.15, 0.2) is 108 Å². The molecule has 0 spiro atoms. The Kier molecular flexibility index (Phi) is 6.30. The van der Waals surface area contributed by atoms with Crippen molar-refractivity contribution in [3.8, 4) is 28.0 Å². The van der Waals surface area contributed by atoms with Crippen LogP contribution in [-0.2, 0) is 17.8 Å². The fraction of sp³-hybridized carbons (Fsp3) is 0.147. The van der Waals surface area contributed by atoms with E-state index < -0.39 is 0 Å². The van der Waals surface area contributed by atoms with E-state index in [2.05, 4.69) is 60.7 Å². The molecule has 1 aromatic heterocycles. The number of hydrogen-bond acceptors (Lipinski definition) is 3. The van der Waals surface area contributed by atoms with Crippen molar-refractivity contribution in [2.24, 2.45) is 0 Å². The Bertz CT molecular complexity index is 1650. The molecule has 0 saturated heterocycles. The third-order valence-electron chi connectivity index (χ3n) is 7.41. The molecule has 0 fully saturated rings. The van der Waals surface area contributed by atoms with Gasteiger partial charge in [-0.1, -0.05) is 78.9 Å². The normalized spacial score (nSPS) is 13.4. The lowest BCUT2D eigenvalue weighted by Crippen LogP contribution is -2.34. The summed E-state index contributed by atoms with van der Waals surface area (Å²) >= 11 is 0. The maximum Gasteiger partial charge on any atom is 0.247 e. The van der Waals surface area contributed by atoms with Gasteiger partial charge in [-0.2, -0.15) is 0 Å². The molecule has 2 heterocycles. The molecule has 1 amide bonds. The van der Waals surface area contributed by atoms with Crippen molar-refractivity contribution in [3.63, 3.8) is 0 Å². The Labute approximate surface area is 222 Å². The number of allylic oxidation sites excluding steroid dienone is 1. The van der Waals surface area contributed by atoms with Crippen LogP contribution in [0.3, 0.4) is 0 Å². The molecule has 0 unspecified atom stereocenters. The van der Waals surface area contributed by atoms with Gasteiger partial charge in [0.1, 0.15) is 11.3 Å². The van der Waals surface area contributed by atoms with Gasteiger partial charge < -0.3 is 14.1 Å². The number of furan rings is 1. The smallest absolute Gasteiger partial charge is 0.247 e. The van der Waals surface area contributed by atoms with E-state index in [0.717, 1.165) is 46.2 Å². The molecule has 6 rings (SSSR count). The van der Waals surface area contributed by atoms with Crippen LogP contribution < -0.4 is 4.74 Å². The lowest BCUT2D eigenvalue weighted by molar-refractivity contribution is -0.126. The van der Waals surface area contributed by atoms with Crippen molar-refractivity contribution >= 4 is 22.4 Å². The molecule has 0 aliphatic carbocycles. The number of benzene rings is 4. The Hall–Kier alpha value is -4.57. The van der Waals surface area contributed by atoms with E-state index in [0.29, 0.717) is 12.3 Å². The average molecular weight is 500 g/mol. The molecule has 1 aliphatic rings. The van der Waals surface area contributed by atoms with E-state index in [-0.39, 0.29) is 5.91 Å². The minimum absolute atomic E-state index is 0.0167. The third kappa shape index (κ3) is 4.50. The van der Waals surface area contributed by atoms with Gasteiger partial charge in [0.2, 0.25) is 5.91 Å². The van der Waals surface area contributed by atoms with Crippen LogP contribution in [0.4, 0.5) is 0 Å². The zero-order valence-electron chi connectivity index (χ0n) is 21.6. The Morgan fingerprint density at radius 2 is 1.55 bits per heavy atom. The molecule has 4 nitrogen and oxygen atoms in total. The first-order chi connectivity index (χ1) is 18.6. The van der Waals surface area contributed by atoms with Gasteiger partial charge in [0.15, 0.2) is 0 Å². The summed E-state index contributed by atoms with van der Waals surface area (Å²) in [6.07, 6.45) is 4.40. The highest BCUT2D eigenvalue weighted by Gasteiger charge is 2.20. The van der Waals surface area contributed by atoms with Gasteiger partial charge >= 0.3 is 0 Å². The summed E-state index contributed by atoms with van der Waals surface area (Å²) in [4.78, 5) is 15.1. The number of amides is 1. The van der Waals surface area contributed by atoms with Gasteiger partial charge in [-0.05, 0) is 52.8 Å². The number of nitrogens with zero attached hydrogens (tertiary/aromatic N) is 1. The van der Waals surface area contributed by atoms with Crippen LogP contribution >= 0.6 is 0 Å². The summed E-state index contributed by atoms with van der Waals surface area (Å²) in [6.45, 7) is 3.33. The molecular weight excluding hydrogens is 470 g/mol. The minimum atomic E-state index is 0.0167. The monoisotopic (exact) mass is 499 g/mol. The van der Waals surface area contributed by atoms with Crippen LogP contribution in [-0.4, -0.2) is 24.5 Å². The summed E-state index contributed by atoms with van der Waals surface area (Å²) in [5.41, 5.74) is 9.48. The predicted molar refractivity (Wildman–Crippen MR) is 153 cm³/mol. The zero-order valence-corrected chi connectivity index (χ0v) is 21.6. The Morgan fingerprint density at radius 1 is 0.868 bits per heavy atom. The van der Waals surface area contributed by atoms with Crippen molar-refractivity contribution in [1.82, 2.24) is 4.90 Å². The van der Waals surface area contributed by atoms with Crippen molar-refractivity contribution < 1.29 is 13.9 Å². The van der Waals surface area contributed by atoms with E-state index in [1.165, 1.54) is 22.3 Å². The summed E-state index contributed by atoms with van der Waals surface area (Å²) in [7, 11) is 1.65. The second-order valence-corrected chi connectivity index (χ2v) is 9.75. The van der Waals surface area contributed by atoms with E-state index in [4.69, 9.17) is 9.15 Å². The maximum absolute atomic E-state index is 13.2. The fourth-order valence-corrected chi connectivity index (χ4v) is 5.27. The van der Waals surface area contributed by atoms with Crippen molar-refractivity contribution in [2.45, 2.75) is 19.9 Å². The number of carbonyl (C=O) groups is 1. The maximum atomic E-state index is 13.2. The summed E-state index contributed by atoms with van der Waals surface area (Å²) < 4.78 is 11.6. The SMILES string of the molecule is COc1cc2occ(-c3ccc(-c4ccccc4)cc3)c2cc1/C(C)=C/C(=O)N1CCc2ccccc2C1. The Balaban J connectivity index is 1.31. The standard InChI is InChI=1S/C34H29NO3/c1-23(18-34(36)35-17-16-25-10-6-7-11-28(25)21-35)29-19-30-31(22-38-33(30)20-32(29)37-2)27-14-12-26(13-15-27)24-8-4-3-5-9-24/h3-15,18-20,22H,16-17,21H2,1-2H3/b23-18+. The van der Waals surface area contributed by atoms with Gasteiger partial charge in [-0.25, -0.2) is 0 Å². The highest BCUT2D eigenvalue weighted by molar-refractivity contribution is 6.00. The molecule has 0 radical (unpaired) electrons. The first kappa shape index (κ1) is 23.8. The lowest BCUT2D eigenvalue weighted by atomic mass is 9.97. The summed E-state index contributed by atoms with van der Waals surface area (Å²) in [5.74, 6) is 0.700. The highest BCUT2D eigenvalue weighted by Crippen LogP contribution is 2.38. The minimum Gasteiger partial charge on any atom is -0.496 e. The summed E-state index contributed by atoms with van der Waals surface area (Å²) in [5, 5.41) is 0.986. The second-order valence-electron chi connectivity index (χ2n) is 9.75. The molecule has 0 saturated carbocycles. The fourth-order valence-electron chi connectivity index (χ4n) is 5.27. The topological polar surface area (TPSA) is 42.7 Å². The lowest BCUT2D eigenvalue weighted by Gasteiger charge is -2.28. The molecule has 0 bridgehead atoms. The average Bonchev–Trinajstić information content (AvgIpc) is 3.39. The number of fused-ring (bicyclic) bond motifs is 2. The van der Waals surface area contributed by atoms with E-state index in [1.54, 1.807) is 19.4 Å². The number of ether oxygens (including phenoxy) is 1. The van der Waals surface area contributed by atoms with Gasteiger partial charge in [0.05, 0.1) is 13.4 Å². The largest absolute Gasteiger partial charge is 0.496 e. The molecule has 0 atom stereocenters. The second kappa shape index (κ2) is 10.1. The molecule has 4 heteroatoms.